The molecular formula is C9H11NO3. The third-order valence-electron chi connectivity index (χ3n) is 1.86. The van der Waals surface area contributed by atoms with Crippen molar-refractivity contribution in [1.82, 2.24) is 0 Å². The summed E-state index contributed by atoms with van der Waals surface area (Å²) < 4.78 is 0. The number of hydrogen-bond donors (Lipinski definition) is 1. The zero-order chi connectivity index (χ0) is 9.84. The van der Waals surface area contributed by atoms with Gasteiger partial charge in [0.15, 0.2) is 0 Å². The van der Waals surface area contributed by atoms with Crippen LogP contribution in [0, 0.1) is 17.0 Å². The van der Waals surface area contributed by atoms with Gasteiger partial charge in [-0.2, -0.15) is 0 Å². The van der Waals surface area contributed by atoms with Gasteiger partial charge in [-0.3, -0.25) is 10.1 Å². The lowest BCUT2D eigenvalue weighted by Crippen LogP contribution is -1.95. The van der Waals surface area contributed by atoms with Gasteiger partial charge in [0.1, 0.15) is 0 Å². The Kier molecular flexibility index (Phi) is 2.97. The molecule has 0 atom stereocenters. The van der Waals surface area contributed by atoms with E-state index in [1.165, 1.54) is 6.07 Å². The summed E-state index contributed by atoms with van der Waals surface area (Å²) in [7, 11) is 0. The lowest BCUT2D eigenvalue weighted by atomic mass is 10.1. The van der Waals surface area contributed by atoms with Crippen LogP contribution in [0.25, 0.3) is 0 Å². The Hall–Kier alpha value is -1.42. The van der Waals surface area contributed by atoms with Crippen LogP contribution in [0.3, 0.4) is 0 Å². The maximum Gasteiger partial charge on any atom is 0.272 e. The molecule has 0 heterocycles. The molecule has 0 aromatic heterocycles. The van der Waals surface area contributed by atoms with Crippen LogP contribution in [0.4, 0.5) is 5.69 Å². The van der Waals surface area contributed by atoms with Gasteiger partial charge in [0.05, 0.1) is 4.92 Å². The summed E-state index contributed by atoms with van der Waals surface area (Å²) in [6.45, 7) is 1.76. The van der Waals surface area contributed by atoms with Gasteiger partial charge in [-0.05, 0) is 25.0 Å². The van der Waals surface area contributed by atoms with E-state index in [4.69, 9.17) is 5.11 Å². The fourth-order valence-electron chi connectivity index (χ4n) is 1.21. The SMILES string of the molecule is Cc1cc(CCO)ccc1[N+](=O)[O-]. The Morgan fingerprint density at radius 2 is 2.23 bits per heavy atom. The van der Waals surface area contributed by atoms with Gasteiger partial charge in [0, 0.05) is 18.2 Å². The van der Waals surface area contributed by atoms with Crippen LogP contribution in [-0.4, -0.2) is 16.6 Å². The predicted molar refractivity (Wildman–Crippen MR) is 48.6 cm³/mol. The molecule has 4 nitrogen and oxygen atoms in total. The average Bonchev–Trinajstić information content (AvgIpc) is 2.04. The topological polar surface area (TPSA) is 63.4 Å². The van der Waals surface area contributed by atoms with E-state index in [1.807, 2.05) is 0 Å². The van der Waals surface area contributed by atoms with Gasteiger partial charge in [-0.15, -0.1) is 0 Å². The molecule has 0 unspecified atom stereocenters. The van der Waals surface area contributed by atoms with E-state index in [9.17, 15) is 10.1 Å². The number of aliphatic hydroxyl groups is 1. The molecule has 0 aliphatic carbocycles. The Morgan fingerprint density at radius 3 is 2.69 bits per heavy atom. The molecule has 1 aromatic carbocycles. The molecule has 0 spiro atoms. The van der Waals surface area contributed by atoms with Crippen LogP contribution in [0.2, 0.25) is 0 Å². The van der Waals surface area contributed by atoms with Crippen molar-refractivity contribution in [2.75, 3.05) is 6.61 Å². The maximum absolute atomic E-state index is 10.4. The molecular weight excluding hydrogens is 170 g/mol. The summed E-state index contributed by atoms with van der Waals surface area (Å²) in [6, 6.07) is 4.87. The highest BCUT2D eigenvalue weighted by Gasteiger charge is 2.09. The van der Waals surface area contributed by atoms with E-state index in [0.29, 0.717) is 12.0 Å². The molecule has 1 N–H and O–H groups in total. The monoisotopic (exact) mass is 181 g/mol. The third-order valence-corrected chi connectivity index (χ3v) is 1.86. The zero-order valence-electron chi connectivity index (χ0n) is 7.36. The normalized spacial score (nSPS) is 10.0. The van der Waals surface area contributed by atoms with Crippen molar-refractivity contribution >= 4 is 5.69 Å². The summed E-state index contributed by atoms with van der Waals surface area (Å²) in [4.78, 5) is 10.0. The highest BCUT2D eigenvalue weighted by Crippen LogP contribution is 2.18. The van der Waals surface area contributed by atoms with Crippen molar-refractivity contribution in [2.24, 2.45) is 0 Å². The highest BCUT2D eigenvalue weighted by atomic mass is 16.6. The minimum atomic E-state index is -0.405. The van der Waals surface area contributed by atoms with E-state index >= 15 is 0 Å². The van der Waals surface area contributed by atoms with E-state index < -0.39 is 4.92 Å². The Bertz CT molecular complexity index is 323. The molecule has 1 aromatic rings. The van der Waals surface area contributed by atoms with Crippen LogP contribution >= 0.6 is 0 Å². The fourth-order valence-corrected chi connectivity index (χ4v) is 1.21. The number of rotatable bonds is 3. The summed E-state index contributed by atoms with van der Waals surface area (Å²) in [5.41, 5.74) is 1.68. The smallest absolute Gasteiger partial charge is 0.272 e. The molecule has 0 radical (unpaired) electrons. The van der Waals surface area contributed by atoms with Gasteiger partial charge < -0.3 is 5.11 Å². The molecule has 0 aliphatic heterocycles. The van der Waals surface area contributed by atoms with E-state index in [1.54, 1.807) is 19.1 Å². The molecule has 0 saturated carbocycles. The van der Waals surface area contributed by atoms with Crippen LogP contribution in [0.5, 0.6) is 0 Å². The van der Waals surface area contributed by atoms with E-state index in [0.717, 1.165) is 5.56 Å². The van der Waals surface area contributed by atoms with Crippen molar-refractivity contribution in [3.63, 3.8) is 0 Å². The number of aryl methyl sites for hydroxylation is 1. The van der Waals surface area contributed by atoms with Gasteiger partial charge in [0.2, 0.25) is 0 Å². The van der Waals surface area contributed by atoms with Crippen LogP contribution in [0.15, 0.2) is 18.2 Å². The molecule has 0 saturated heterocycles. The summed E-state index contributed by atoms with van der Waals surface area (Å²) in [5, 5.41) is 19.1. The molecule has 0 bridgehead atoms. The molecule has 13 heavy (non-hydrogen) atoms. The molecule has 70 valence electrons. The third kappa shape index (κ3) is 2.26. The standard InChI is InChI=1S/C9H11NO3/c1-7-6-8(4-5-11)2-3-9(7)10(12)13/h2-3,6,11H,4-5H2,1H3. The first-order valence-electron chi connectivity index (χ1n) is 4.00. The van der Waals surface area contributed by atoms with Crippen LogP contribution < -0.4 is 0 Å². The zero-order valence-corrected chi connectivity index (χ0v) is 7.36. The van der Waals surface area contributed by atoms with Crippen molar-refractivity contribution in [3.8, 4) is 0 Å². The molecule has 4 heteroatoms. The van der Waals surface area contributed by atoms with Crippen molar-refractivity contribution < 1.29 is 10.0 Å². The van der Waals surface area contributed by atoms with E-state index in [2.05, 4.69) is 0 Å². The first kappa shape index (κ1) is 9.67. The van der Waals surface area contributed by atoms with Gasteiger partial charge in [-0.25, -0.2) is 0 Å². The van der Waals surface area contributed by atoms with Gasteiger partial charge >= 0.3 is 0 Å². The van der Waals surface area contributed by atoms with Gasteiger partial charge in [-0.1, -0.05) is 6.07 Å². The summed E-state index contributed by atoms with van der Waals surface area (Å²) >= 11 is 0. The van der Waals surface area contributed by atoms with Crippen molar-refractivity contribution in [3.05, 3.63) is 39.4 Å². The Labute approximate surface area is 76.0 Å². The van der Waals surface area contributed by atoms with Crippen LogP contribution in [0.1, 0.15) is 11.1 Å². The number of benzene rings is 1. The number of nitro groups is 1. The lowest BCUT2D eigenvalue weighted by Gasteiger charge is -2.00. The lowest BCUT2D eigenvalue weighted by molar-refractivity contribution is -0.385. The first-order chi connectivity index (χ1) is 6.15. The average molecular weight is 181 g/mol. The minimum Gasteiger partial charge on any atom is -0.396 e. The van der Waals surface area contributed by atoms with Crippen molar-refractivity contribution in [1.29, 1.82) is 0 Å². The highest BCUT2D eigenvalue weighted by molar-refractivity contribution is 5.41. The number of nitrogens with zero attached hydrogens (tertiary/aromatic N) is 1. The molecule has 1 rings (SSSR count). The Balaban J connectivity index is 2.98. The molecule has 0 amide bonds. The van der Waals surface area contributed by atoms with Crippen molar-refractivity contribution in [2.45, 2.75) is 13.3 Å². The second kappa shape index (κ2) is 4.00. The maximum atomic E-state index is 10.4. The molecule has 0 aliphatic rings. The number of nitro benzene ring substituents is 1. The second-order valence-electron chi connectivity index (χ2n) is 2.85. The van der Waals surface area contributed by atoms with E-state index in [-0.39, 0.29) is 12.3 Å². The largest absolute Gasteiger partial charge is 0.396 e. The second-order valence-corrected chi connectivity index (χ2v) is 2.85. The summed E-state index contributed by atoms with van der Waals surface area (Å²) in [5.74, 6) is 0. The number of hydrogen-bond acceptors (Lipinski definition) is 3. The fraction of sp³-hybridized carbons (Fsp3) is 0.333. The van der Waals surface area contributed by atoms with Gasteiger partial charge in [0.25, 0.3) is 5.69 Å². The minimum absolute atomic E-state index is 0.0667. The Morgan fingerprint density at radius 1 is 1.54 bits per heavy atom. The quantitative estimate of drug-likeness (QED) is 0.566. The summed E-state index contributed by atoms with van der Waals surface area (Å²) in [6.07, 6.45) is 0.541. The first-order valence-corrected chi connectivity index (χ1v) is 4.00. The predicted octanol–water partition coefficient (Wildman–Crippen LogP) is 1.44. The molecule has 0 fully saturated rings. The van der Waals surface area contributed by atoms with Crippen LogP contribution in [-0.2, 0) is 6.42 Å². The number of aliphatic hydroxyl groups excluding tert-OH is 1.